The first-order chi connectivity index (χ1) is 8.27. The number of methoxy groups -OCH3 is 1. The molecule has 0 spiro atoms. The van der Waals surface area contributed by atoms with Gasteiger partial charge in [-0.3, -0.25) is 0 Å². The van der Waals surface area contributed by atoms with Gasteiger partial charge < -0.3 is 19.9 Å². The third-order valence-electron chi connectivity index (χ3n) is 2.41. The molecule has 1 unspecified atom stereocenters. The molecule has 0 amide bonds. The zero-order chi connectivity index (χ0) is 12.5. The Morgan fingerprint density at radius 2 is 2.00 bits per heavy atom. The largest absolute Gasteiger partial charge is 0.493 e. The summed E-state index contributed by atoms with van der Waals surface area (Å²) in [6, 6.07) is 7.58. The Kier molecular flexibility index (Phi) is 6.43. The Labute approximate surface area is 103 Å². The number of aliphatic hydroxyl groups excluding tert-OH is 1. The number of benzene rings is 1. The number of hydrogen-bond donors (Lipinski definition) is 2. The fourth-order valence-corrected chi connectivity index (χ4v) is 1.38. The molecule has 4 nitrogen and oxygen atoms in total. The Bertz CT molecular complexity index is 317. The molecule has 1 aromatic carbocycles. The second-order valence-electron chi connectivity index (χ2n) is 3.99. The fraction of sp³-hybridized carbons (Fsp3) is 0.538. The van der Waals surface area contributed by atoms with E-state index < -0.39 is 0 Å². The minimum absolute atomic E-state index is 0.209. The van der Waals surface area contributed by atoms with E-state index in [1.165, 1.54) is 0 Å². The lowest BCUT2D eigenvalue weighted by atomic mass is 10.2. The van der Waals surface area contributed by atoms with Gasteiger partial charge in [-0.1, -0.05) is 19.1 Å². The lowest BCUT2D eigenvalue weighted by Crippen LogP contribution is -2.27. The van der Waals surface area contributed by atoms with Crippen molar-refractivity contribution in [1.82, 2.24) is 5.32 Å². The fourth-order valence-electron chi connectivity index (χ4n) is 1.38. The van der Waals surface area contributed by atoms with E-state index in [2.05, 4.69) is 5.32 Å². The molecule has 1 rings (SSSR count). The predicted molar refractivity (Wildman–Crippen MR) is 67.6 cm³/mol. The molecule has 2 N–H and O–H groups in total. The van der Waals surface area contributed by atoms with Crippen LogP contribution in [0.25, 0.3) is 0 Å². The van der Waals surface area contributed by atoms with E-state index in [9.17, 15) is 0 Å². The van der Waals surface area contributed by atoms with E-state index in [1.54, 1.807) is 7.11 Å². The van der Waals surface area contributed by atoms with E-state index in [0.717, 1.165) is 24.6 Å². The van der Waals surface area contributed by atoms with Crippen LogP contribution in [0.1, 0.15) is 6.92 Å². The van der Waals surface area contributed by atoms with Crippen LogP contribution in [-0.4, -0.2) is 38.5 Å². The standard InChI is InChI=1S/C13H21NO3/c1-11(10-15)9-14-7-8-17-13-6-4-3-5-12(13)16-2/h3-6,11,14-15H,7-10H2,1-2H3. The topological polar surface area (TPSA) is 50.7 Å². The molecule has 0 saturated carbocycles. The van der Waals surface area contributed by atoms with Crippen molar-refractivity contribution in [2.75, 3.05) is 33.4 Å². The molecule has 0 radical (unpaired) electrons. The number of ether oxygens (including phenoxy) is 2. The quantitative estimate of drug-likeness (QED) is 0.671. The van der Waals surface area contributed by atoms with Crippen LogP contribution >= 0.6 is 0 Å². The van der Waals surface area contributed by atoms with Crippen LogP contribution in [0.15, 0.2) is 24.3 Å². The maximum atomic E-state index is 8.85. The van der Waals surface area contributed by atoms with Gasteiger partial charge in [0.25, 0.3) is 0 Å². The van der Waals surface area contributed by atoms with E-state index in [0.29, 0.717) is 6.61 Å². The van der Waals surface area contributed by atoms with Crippen molar-refractivity contribution >= 4 is 0 Å². The van der Waals surface area contributed by atoms with Crippen LogP contribution in [0.4, 0.5) is 0 Å². The van der Waals surface area contributed by atoms with E-state index >= 15 is 0 Å². The van der Waals surface area contributed by atoms with Crippen molar-refractivity contribution < 1.29 is 14.6 Å². The number of aliphatic hydroxyl groups is 1. The molecule has 1 aromatic rings. The maximum Gasteiger partial charge on any atom is 0.161 e. The molecule has 0 aliphatic rings. The highest BCUT2D eigenvalue weighted by molar-refractivity contribution is 5.39. The normalized spacial score (nSPS) is 12.2. The first kappa shape index (κ1) is 13.8. The zero-order valence-electron chi connectivity index (χ0n) is 10.5. The van der Waals surface area contributed by atoms with Crippen LogP contribution in [0.5, 0.6) is 11.5 Å². The number of hydrogen-bond acceptors (Lipinski definition) is 4. The molecule has 0 aromatic heterocycles. The molecule has 17 heavy (non-hydrogen) atoms. The smallest absolute Gasteiger partial charge is 0.161 e. The second-order valence-corrected chi connectivity index (χ2v) is 3.99. The van der Waals surface area contributed by atoms with E-state index in [4.69, 9.17) is 14.6 Å². The minimum Gasteiger partial charge on any atom is -0.493 e. The zero-order valence-corrected chi connectivity index (χ0v) is 10.5. The van der Waals surface area contributed by atoms with Crippen LogP contribution in [0, 0.1) is 5.92 Å². The molecule has 0 bridgehead atoms. The van der Waals surface area contributed by atoms with Gasteiger partial charge in [0.15, 0.2) is 11.5 Å². The number of para-hydroxylation sites is 2. The summed E-state index contributed by atoms with van der Waals surface area (Å²) in [5.41, 5.74) is 0. The molecule has 0 heterocycles. The van der Waals surface area contributed by atoms with Gasteiger partial charge in [0.1, 0.15) is 6.61 Å². The van der Waals surface area contributed by atoms with Crippen molar-refractivity contribution in [3.63, 3.8) is 0 Å². The molecule has 96 valence electrons. The average molecular weight is 239 g/mol. The molecule has 0 fully saturated rings. The van der Waals surface area contributed by atoms with Crippen LogP contribution in [0.2, 0.25) is 0 Å². The first-order valence-electron chi connectivity index (χ1n) is 5.85. The Morgan fingerprint density at radius 1 is 1.29 bits per heavy atom. The predicted octanol–water partition coefficient (Wildman–Crippen LogP) is 1.29. The molecule has 0 saturated heterocycles. The van der Waals surface area contributed by atoms with Crippen molar-refractivity contribution in [3.8, 4) is 11.5 Å². The van der Waals surface area contributed by atoms with Gasteiger partial charge in [0, 0.05) is 19.7 Å². The molecule has 4 heteroatoms. The van der Waals surface area contributed by atoms with Crippen molar-refractivity contribution in [1.29, 1.82) is 0 Å². The number of rotatable bonds is 8. The van der Waals surface area contributed by atoms with Crippen molar-refractivity contribution in [2.45, 2.75) is 6.92 Å². The highest BCUT2D eigenvalue weighted by Gasteiger charge is 2.02. The summed E-state index contributed by atoms with van der Waals surface area (Å²) in [6.45, 7) is 4.33. The second kappa shape index (κ2) is 7.92. The van der Waals surface area contributed by atoms with Crippen molar-refractivity contribution in [3.05, 3.63) is 24.3 Å². The highest BCUT2D eigenvalue weighted by atomic mass is 16.5. The Balaban J connectivity index is 2.22. The van der Waals surface area contributed by atoms with Crippen LogP contribution in [0.3, 0.4) is 0 Å². The molecule has 1 atom stereocenters. The van der Waals surface area contributed by atoms with Gasteiger partial charge >= 0.3 is 0 Å². The SMILES string of the molecule is COc1ccccc1OCCNCC(C)CO. The third-order valence-corrected chi connectivity index (χ3v) is 2.41. The summed E-state index contributed by atoms with van der Waals surface area (Å²) in [5, 5.41) is 12.1. The lowest BCUT2D eigenvalue weighted by Gasteiger charge is -2.12. The average Bonchev–Trinajstić information content (AvgIpc) is 2.38. The van der Waals surface area contributed by atoms with Gasteiger partial charge in [-0.2, -0.15) is 0 Å². The summed E-state index contributed by atoms with van der Waals surface area (Å²) in [4.78, 5) is 0. The summed E-state index contributed by atoms with van der Waals surface area (Å²) in [7, 11) is 1.63. The monoisotopic (exact) mass is 239 g/mol. The summed E-state index contributed by atoms with van der Waals surface area (Å²) in [5.74, 6) is 1.78. The van der Waals surface area contributed by atoms with Gasteiger partial charge in [0.2, 0.25) is 0 Å². The molecule has 0 aliphatic carbocycles. The van der Waals surface area contributed by atoms with Gasteiger partial charge in [-0.15, -0.1) is 0 Å². The van der Waals surface area contributed by atoms with Gasteiger partial charge in [0.05, 0.1) is 7.11 Å². The Morgan fingerprint density at radius 3 is 2.65 bits per heavy atom. The number of nitrogens with one attached hydrogen (secondary N) is 1. The summed E-state index contributed by atoms with van der Waals surface area (Å²) >= 11 is 0. The maximum absolute atomic E-state index is 8.85. The first-order valence-corrected chi connectivity index (χ1v) is 5.85. The van der Waals surface area contributed by atoms with E-state index in [1.807, 2.05) is 31.2 Å². The van der Waals surface area contributed by atoms with Crippen molar-refractivity contribution in [2.24, 2.45) is 5.92 Å². The Hall–Kier alpha value is -1.26. The highest BCUT2D eigenvalue weighted by Crippen LogP contribution is 2.25. The van der Waals surface area contributed by atoms with E-state index in [-0.39, 0.29) is 12.5 Å². The summed E-state index contributed by atoms with van der Waals surface area (Å²) in [6.07, 6.45) is 0. The molecular weight excluding hydrogens is 218 g/mol. The van der Waals surface area contributed by atoms with Crippen LogP contribution < -0.4 is 14.8 Å². The molecule has 0 aliphatic heterocycles. The van der Waals surface area contributed by atoms with Gasteiger partial charge in [-0.25, -0.2) is 0 Å². The minimum atomic E-state index is 0.209. The third kappa shape index (κ3) is 5.06. The van der Waals surface area contributed by atoms with Crippen LogP contribution in [-0.2, 0) is 0 Å². The van der Waals surface area contributed by atoms with Gasteiger partial charge in [-0.05, 0) is 18.1 Å². The molecular formula is C13H21NO3. The lowest BCUT2D eigenvalue weighted by molar-refractivity contribution is 0.229. The summed E-state index contributed by atoms with van der Waals surface area (Å²) < 4.78 is 10.8.